The molecule has 1 fully saturated rings. The van der Waals surface area contributed by atoms with E-state index >= 15 is 0 Å². The number of imidazole rings is 1. The van der Waals surface area contributed by atoms with Gasteiger partial charge in [-0.15, -0.1) is 0 Å². The van der Waals surface area contributed by atoms with E-state index in [1.54, 1.807) is 35.4 Å². The molecule has 1 saturated carbocycles. The number of carbonyl (C=O) groups excluding carboxylic acids is 1. The van der Waals surface area contributed by atoms with Gasteiger partial charge in [0.05, 0.1) is 11.7 Å². The molecule has 4 rings (SSSR count). The summed E-state index contributed by atoms with van der Waals surface area (Å²) >= 11 is 0. The van der Waals surface area contributed by atoms with Gasteiger partial charge in [0.2, 0.25) is 5.82 Å². The molecule has 6 heteroatoms. The first kappa shape index (κ1) is 12.0. The van der Waals surface area contributed by atoms with Gasteiger partial charge in [-0.1, -0.05) is 0 Å². The third kappa shape index (κ3) is 2.14. The first-order valence-electron chi connectivity index (χ1n) is 6.86. The number of rotatable bonds is 3. The molecule has 0 spiro atoms. The minimum absolute atomic E-state index is 0.145. The van der Waals surface area contributed by atoms with Gasteiger partial charge in [0, 0.05) is 36.4 Å². The Hall–Kier alpha value is -2.76. The Morgan fingerprint density at radius 2 is 2.10 bits per heavy atom. The van der Waals surface area contributed by atoms with Crippen molar-refractivity contribution in [1.82, 2.24) is 24.7 Å². The van der Waals surface area contributed by atoms with Crippen molar-refractivity contribution in [3.8, 4) is 11.3 Å². The minimum Gasteiger partial charge on any atom is -0.347 e. The number of nitrogens with zero attached hydrogens (tertiary/aromatic N) is 4. The lowest BCUT2D eigenvalue weighted by Crippen LogP contribution is -2.27. The number of carbonyl (C=O) groups is 1. The Morgan fingerprint density at radius 3 is 2.86 bits per heavy atom. The lowest BCUT2D eigenvalue weighted by atomic mass is 10.2. The van der Waals surface area contributed by atoms with Crippen LogP contribution in [0.2, 0.25) is 0 Å². The van der Waals surface area contributed by atoms with Crippen molar-refractivity contribution in [3.63, 3.8) is 0 Å². The number of hydrogen-bond donors (Lipinski definition) is 1. The molecule has 0 saturated heterocycles. The van der Waals surface area contributed by atoms with Crippen LogP contribution in [0.4, 0.5) is 0 Å². The molecule has 21 heavy (non-hydrogen) atoms. The molecule has 3 aromatic heterocycles. The van der Waals surface area contributed by atoms with Gasteiger partial charge in [0.15, 0.2) is 0 Å². The third-order valence-corrected chi connectivity index (χ3v) is 3.50. The summed E-state index contributed by atoms with van der Waals surface area (Å²) < 4.78 is 1.77. The van der Waals surface area contributed by atoms with E-state index in [1.165, 1.54) is 0 Å². The summed E-state index contributed by atoms with van der Waals surface area (Å²) in [5.41, 5.74) is 2.39. The van der Waals surface area contributed by atoms with Crippen LogP contribution in [0.3, 0.4) is 0 Å². The van der Waals surface area contributed by atoms with Crippen LogP contribution < -0.4 is 5.32 Å². The van der Waals surface area contributed by atoms with Crippen molar-refractivity contribution < 1.29 is 4.79 Å². The fourth-order valence-electron chi connectivity index (χ4n) is 2.29. The summed E-state index contributed by atoms with van der Waals surface area (Å²) in [5.74, 6) is 0.243. The van der Waals surface area contributed by atoms with E-state index in [9.17, 15) is 4.79 Å². The molecule has 0 aromatic carbocycles. The van der Waals surface area contributed by atoms with Crippen LogP contribution >= 0.6 is 0 Å². The van der Waals surface area contributed by atoms with Gasteiger partial charge in [-0.2, -0.15) is 0 Å². The fourth-order valence-corrected chi connectivity index (χ4v) is 2.29. The number of pyridine rings is 1. The molecule has 3 aromatic rings. The predicted octanol–water partition coefficient (Wildman–Crippen LogP) is 1.68. The molecule has 0 atom stereocenters. The highest BCUT2D eigenvalue weighted by Gasteiger charge is 2.26. The maximum absolute atomic E-state index is 12.3. The standard InChI is InChI=1S/C15H13N5O/c21-15(18-11-3-4-11)14-19-13(10-2-1-5-16-8-10)12-9-17-6-7-20(12)14/h1-2,5-9,11H,3-4H2,(H,18,21). The van der Waals surface area contributed by atoms with Crippen LogP contribution in [0.5, 0.6) is 0 Å². The van der Waals surface area contributed by atoms with Gasteiger partial charge in [-0.3, -0.25) is 19.2 Å². The molecule has 104 valence electrons. The maximum Gasteiger partial charge on any atom is 0.287 e. The monoisotopic (exact) mass is 279 g/mol. The topological polar surface area (TPSA) is 72.2 Å². The number of aromatic nitrogens is 4. The minimum atomic E-state index is -0.145. The molecule has 0 bridgehead atoms. The number of amides is 1. The van der Waals surface area contributed by atoms with Crippen LogP contribution in [0.25, 0.3) is 16.8 Å². The van der Waals surface area contributed by atoms with Crippen LogP contribution in [-0.2, 0) is 0 Å². The lowest BCUT2D eigenvalue weighted by molar-refractivity contribution is 0.0940. The van der Waals surface area contributed by atoms with E-state index in [0.717, 1.165) is 29.6 Å². The zero-order valence-electron chi connectivity index (χ0n) is 11.2. The van der Waals surface area contributed by atoms with E-state index in [2.05, 4.69) is 20.3 Å². The second-order valence-corrected chi connectivity index (χ2v) is 5.11. The first-order valence-corrected chi connectivity index (χ1v) is 6.86. The number of hydrogen-bond acceptors (Lipinski definition) is 4. The van der Waals surface area contributed by atoms with Crippen LogP contribution in [0, 0.1) is 0 Å². The molecule has 0 aliphatic heterocycles. The zero-order valence-corrected chi connectivity index (χ0v) is 11.2. The molecule has 1 aliphatic rings. The Bertz CT molecular complexity index is 807. The summed E-state index contributed by atoms with van der Waals surface area (Å²) in [6.45, 7) is 0. The van der Waals surface area contributed by atoms with Gasteiger partial charge in [-0.25, -0.2) is 4.98 Å². The normalized spacial score (nSPS) is 14.3. The highest BCUT2D eigenvalue weighted by molar-refractivity contribution is 5.94. The second kappa shape index (κ2) is 4.66. The predicted molar refractivity (Wildman–Crippen MR) is 76.7 cm³/mol. The Kier molecular flexibility index (Phi) is 2.67. The highest BCUT2D eigenvalue weighted by Crippen LogP contribution is 2.24. The Balaban J connectivity index is 1.86. The molecule has 0 radical (unpaired) electrons. The van der Waals surface area contributed by atoms with E-state index in [4.69, 9.17) is 0 Å². The van der Waals surface area contributed by atoms with Gasteiger partial charge < -0.3 is 5.32 Å². The Labute approximate surface area is 120 Å². The Morgan fingerprint density at radius 1 is 1.24 bits per heavy atom. The van der Waals surface area contributed by atoms with Crippen LogP contribution in [0.1, 0.15) is 23.5 Å². The van der Waals surface area contributed by atoms with Gasteiger partial charge in [0.1, 0.15) is 5.69 Å². The average molecular weight is 279 g/mol. The SMILES string of the molecule is O=C(NC1CC1)c1nc(-c2cccnc2)c2cnccn12. The fraction of sp³-hybridized carbons (Fsp3) is 0.200. The van der Waals surface area contributed by atoms with Crippen molar-refractivity contribution in [2.45, 2.75) is 18.9 Å². The van der Waals surface area contributed by atoms with Crippen molar-refractivity contribution >= 4 is 11.4 Å². The summed E-state index contributed by atoms with van der Waals surface area (Å²) in [5, 5.41) is 2.97. The van der Waals surface area contributed by atoms with Crippen molar-refractivity contribution in [3.05, 3.63) is 48.9 Å². The summed E-state index contributed by atoms with van der Waals surface area (Å²) in [4.78, 5) is 25.1. The van der Waals surface area contributed by atoms with Gasteiger partial charge >= 0.3 is 0 Å². The molecule has 0 unspecified atom stereocenters. The third-order valence-electron chi connectivity index (χ3n) is 3.50. The molecular formula is C15H13N5O. The van der Waals surface area contributed by atoms with E-state index in [-0.39, 0.29) is 5.91 Å². The maximum atomic E-state index is 12.3. The van der Waals surface area contributed by atoms with E-state index < -0.39 is 0 Å². The summed E-state index contributed by atoms with van der Waals surface area (Å²) in [6.07, 6.45) is 10.7. The van der Waals surface area contributed by atoms with Crippen LogP contribution in [0.15, 0.2) is 43.1 Å². The van der Waals surface area contributed by atoms with Crippen molar-refractivity contribution in [2.24, 2.45) is 0 Å². The average Bonchev–Trinajstić information content (AvgIpc) is 3.25. The van der Waals surface area contributed by atoms with Crippen molar-refractivity contribution in [2.75, 3.05) is 0 Å². The first-order chi connectivity index (χ1) is 10.3. The molecular weight excluding hydrogens is 266 g/mol. The largest absolute Gasteiger partial charge is 0.347 e. The quantitative estimate of drug-likeness (QED) is 0.791. The molecule has 1 N–H and O–H groups in total. The van der Waals surface area contributed by atoms with E-state index in [0.29, 0.717) is 11.9 Å². The van der Waals surface area contributed by atoms with Crippen molar-refractivity contribution in [1.29, 1.82) is 0 Å². The summed E-state index contributed by atoms with van der Waals surface area (Å²) in [7, 11) is 0. The summed E-state index contributed by atoms with van der Waals surface area (Å²) in [6, 6.07) is 4.07. The van der Waals surface area contributed by atoms with Crippen LogP contribution in [-0.4, -0.2) is 31.3 Å². The van der Waals surface area contributed by atoms with Gasteiger partial charge in [-0.05, 0) is 25.0 Å². The molecule has 1 aliphatic carbocycles. The highest BCUT2D eigenvalue weighted by atomic mass is 16.2. The van der Waals surface area contributed by atoms with E-state index in [1.807, 2.05) is 12.1 Å². The number of nitrogens with one attached hydrogen (secondary N) is 1. The smallest absolute Gasteiger partial charge is 0.287 e. The second-order valence-electron chi connectivity index (χ2n) is 5.11. The zero-order chi connectivity index (χ0) is 14.2. The lowest BCUT2D eigenvalue weighted by Gasteiger charge is -2.01. The molecule has 6 nitrogen and oxygen atoms in total. The molecule has 1 amide bonds. The number of fused-ring (bicyclic) bond motifs is 1. The van der Waals surface area contributed by atoms with Gasteiger partial charge in [0.25, 0.3) is 5.91 Å². The molecule has 3 heterocycles.